The summed E-state index contributed by atoms with van der Waals surface area (Å²) in [5.41, 5.74) is 1.60. The van der Waals surface area contributed by atoms with Gasteiger partial charge in [0.05, 0.1) is 18.8 Å². The summed E-state index contributed by atoms with van der Waals surface area (Å²) in [5, 5.41) is 0. The summed E-state index contributed by atoms with van der Waals surface area (Å²) in [6, 6.07) is 3.62. The van der Waals surface area contributed by atoms with Crippen molar-refractivity contribution < 1.29 is 14.3 Å². The van der Waals surface area contributed by atoms with Gasteiger partial charge in [-0.15, -0.1) is 0 Å². The fourth-order valence-electron chi connectivity index (χ4n) is 1.77. The zero-order valence-corrected chi connectivity index (χ0v) is 9.00. The van der Waals surface area contributed by atoms with E-state index in [1.54, 1.807) is 6.07 Å². The van der Waals surface area contributed by atoms with Crippen LogP contribution in [0.25, 0.3) is 0 Å². The molecule has 0 N–H and O–H groups in total. The van der Waals surface area contributed by atoms with Gasteiger partial charge in [-0.25, -0.2) is 0 Å². The highest BCUT2D eigenvalue weighted by atomic mass is 16.5. The summed E-state index contributed by atoms with van der Waals surface area (Å²) in [6.45, 7) is 4.95. The second-order valence-corrected chi connectivity index (χ2v) is 3.52. The summed E-state index contributed by atoms with van der Waals surface area (Å²) in [7, 11) is 0. The van der Waals surface area contributed by atoms with E-state index < -0.39 is 0 Å². The summed E-state index contributed by atoms with van der Waals surface area (Å²) < 4.78 is 11.0. The van der Waals surface area contributed by atoms with Crippen molar-refractivity contribution in [2.24, 2.45) is 0 Å². The Morgan fingerprint density at radius 3 is 3.00 bits per heavy atom. The van der Waals surface area contributed by atoms with Crippen LogP contribution >= 0.6 is 0 Å². The van der Waals surface area contributed by atoms with Crippen molar-refractivity contribution in [3.8, 4) is 11.5 Å². The van der Waals surface area contributed by atoms with Gasteiger partial charge in [-0.1, -0.05) is 0 Å². The zero-order chi connectivity index (χ0) is 10.8. The van der Waals surface area contributed by atoms with E-state index in [2.05, 4.69) is 0 Å². The van der Waals surface area contributed by atoms with Crippen molar-refractivity contribution in [3.63, 3.8) is 0 Å². The Morgan fingerprint density at radius 1 is 1.47 bits per heavy atom. The SMILES string of the molecule is CCOc1ccc2c(c1C)OCCC2=O. The minimum absolute atomic E-state index is 0.155. The highest BCUT2D eigenvalue weighted by molar-refractivity contribution is 6.00. The van der Waals surface area contributed by atoms with Gasteiger partial charge in [0.2, 0.25) is 0 Å². The Balaban J connectivity index is 2.47. The van der Waals surface area contributed by atoms with Crippen LogP contribution < -0.4 is 9.47 Å². The van der Waals surface area contributed by atoms with Gasteiger partial charge >= 0.3 is 0 Å². The van der Waals surface area contributed by atoms with Gasteiger partial charge in [-0.05, 0) is 26.0 Å². The summed E-state index contributed by atoms with van der Waals surface area (Å²) in [6.07, 6.45) is 0.473. The van der Waals surface area contributed by atoms with Gasteiger partial charge < -0.3 is 9.47 Å². The van der Waals surface area contributed by atoms with E-state index >= 15 is 0 Å². The fraction of sp³-hybridized carbons (Fsp3) is 0.417. The van der Waals surface area contributed by atoms with Crippen molar-refractivity contribution in [2.45, 2.75) is 20.3 Å². The largest absolute Gasteiger partial charge is 0.493 e. The fourth-order valence-corrected chi connectivity index (χ4v) is 1.77. The molecule has 0 atom stereocenters. The second-order valence-electron chi connectivity index (χ2n) is 3.52. The predicted molar refractivity (Wildman–Crippen MR) is 56.8 cm³/mol. The van der Waals surface area contributed by atoms with Gasteiger partial charge in [-0.3, -0.25) is 4.79 Å². The molecular weight excluding hydrogens is 192 g/mol. The van der Waals surface area contributed by atoms with Gasteiger partial charge in [0, 0.05) is 12.0 Å². The van der Waals surface area contributed by atoms with E-state index in [9.17, 15) is 4.79 Å². The number of ketones is 1. The molecule has 2 rings (SSSR count). The number of rotatable bonds is 2. The minimum atomic E-state index is 0.155. The third-order valence-corrected chi connectivity index (χ3v) is 2.53. The predicted octanol–water partition coefficient (Wildman–Crippen LogP) is 2.36. The number of benzene rings is 1. The molecule has 3 heteroatoms. The van der Waals surface area contributed by atoms with Gasteiger partial charge in [-0.2, -0.15) is 0 Å². The van der Waals surface area contributed by atoms with Crippen LogP contribution in [0.3, 0.4) is 0 Å². The van der Waals surface area contributed by atoms with Crippen LogP contribution in [0, 0.1) is 6.92 Å². The van der Waals surface area contributed by atoms with E-state index in [0.717, 1.165) is 11.3 Å². The maximum atomic E-state index is 11.6. The molecule has 0 unspecified atom stereocenters. The average Bonchev–Trinajstić information content (AvgIpc) is 2.23. The molecule has 1 aliphatic heterocycles. The van der Waals surface area contributed by atoms with Crippen LogP contribution in [0.15, 0.2) is 12.1 Å². The third-order valence-electron chi connectivity index (χ3n) is 2.53. The maximum Gasteiger partial charge on any atom is 0.170 e. The molecule has 3 nitrogen and oxygen atoms in total. The summed E-state index contributed by atoms with van der Waals surface area (Å²) in [4.78, 5) is 11.6. The molecular formula is C12H14O3. The second kappa shape index (κ2) is 3.93. The Kier molecular flexibility index (Phi) is 2.62. The molecule has 1 aromatic carbocycles. The zero-order valence-electron chi connectivity index (χ0n) is 9.00. The van der Waals surface area contributed by atoms with E-state index in [1.165, 1.54) is 0 Å². The average molecular weight is 206 g/mol. The van der Waals surface area contributed by atoms with Crippen LogP contribution in [0.1, 0.15) is 29.3 Å². The lowest BCUT2D eigenvalue weighted by Gasteiger charge is -2.20. The Morgan fingerprint density at radius 2 is 2.27 bits per heavy atom. The van der Waals surface area contributed by atoms with Crippen LogP contribution in [0.2, 0.25) is 0 Å². The monoisotopic (exact) mass is 206 g/mol. The van der Waals surface area contributed by atoms with E-state index in [0.29, 0.717) is 30.9 Å². The first-order valence-electron chi connectivity index (χ1n) is 5.16. The van der Waals surface area contributed by atoms with Crippen LogP contribution in [-0.4, -0.2) is 19.0 Å². The highest BCUT2D eigenvalue weighted by Gasteiger charge is 2.21. The number of Topliss-reactive ketones (excluding diaryl/α,β-unsaturated/α-hetero) is 1. The molecule has 15 heavy (non-hydrogen) atoms. The lowest BCUT2D eigenvalue weighted by molar-refractivity contribution is 0.0932. The van der Waals surface area contributed by atoms with E-state index in [1.807, 2.05) is 19.9 Å². The molecule has 1 heterocycles. The number of hydrogen-bond acceptors (Lipinski definition) is 3. The smallest absolute Gasteiger partial charge is 0.170 e. The summed E-state index contributed by atoms with van der Waals surface area (Å²) >= 11 is 0. The number of carbonyl (C=O) groups is 1. The minimum Gasteiger partial charge on any atom is -0.493 e. The summed E-state index contributed by atoms with van der Waals surface area (Å²) in [5.74, 6) is 1.64. The Bertz CT molecular complexity index is 396. The van der Waals surface area contributed by atoms with Crippen molar-refractivity contribution in [2.75, 3.05) is 13.2 Å². The molecule has 1 aromatic rings. The molecule has 80 valence electrons. The topological polar surface area (TPSA) is 35.5 Å². The number of hydrogen-bond donors (Lipinski definition) is 0. The third kappa shape index (κ3) is 1.69. The quantitative estimate of drug-likeness (QED) is 0.745. The molecule has 0 aromatic heterocycles. The number of ether oxygens (including phenoxy) is 2. The van der Waals surface area contributed by atoms with Crippen molar-refractivity contribution in [3.05, 3.63) is 23.3 Å². The highest BCUT2D eigenvalue weighted by Crippen LogP contribution is 2.34. The first-order chi connectivity index (χ1) is 7.24. The van der Waals surface area contributed by atoms with Crippen molar-refractivity contribution in [1.29, 1.82) is 0 Å². The standard InChI is InChI=1S/C12H14O3/c1-3-14-11-5-4-9-10(13)6-7-15-12(9)8(11)2/h4-5H,3,6-7H2,1-2H3. The maximum absolute atomic E-state index is 11.6. The van der Waals surface area contributed by atoms with Gasteiger partial charge in [0.25, 0.3) is 0 Å². The first kappa shape index (κ1) is 10.0. The molecule has 0 saturated heterocycles. The Labute approximate surface area is 89.0 Å². The molecule has 0 fully saturated rings. The Hall–Kier alpha value is -1.51. The molecule has 1 aliphatic rings. The lowest BCUT2D eigenvalue weighted by Crippen LogP contribution is -2.16. The molecule has 0 saturated carbocycles. The van der Waals surface area contributed by atoms with Crippen molar-refractivity contribution >= 4 is 5.78 Å². The van der Waals surface area contributed by atoms with Crippen molar-refractivity contribution in [1.82, 2.24) is 0 Å². The van der Waals surface area contributed by atoms with E-state index in [4.69, 9.17) is 9.47 Å². The van der Waals surface area contributed by atoms with Crippen LogP contribution in [0.5, 0.6) is 11.5 Å². The van der Waals surface area contributed by atoms with Gasteiger partial charge in [0.1, 0.15) is 11.5 Å². The molecule has 0 amide bonds. The van der Waals surface area contributed by atoms with Gasteiger partial charge in [0.15, 0.2) is 5.78 Å². The first-order valence-corrected chi connectivity index (χ1v) is 5.16. The molecule has 0 radical (unpaired) electrons. The normalized spacial score (nSPS) is 14.4. The molecule has 0 aliphatic carbocycles. The van der Waals surface area contributed by atoms with Crippen LogP contribution in [-0.2, 0) is 0 Å². The number of fused-ring (bicyclic) bond motifs is 1. The molecule has 0 bridgehead atoms. The van der Waals surface area contributed by atoms with Crippen LogP contribution in [0.4, 0.5) is 0 Å². The number of carbonyl (C=O) groups excluding carboxylic acids is 1. The molecule has 0 spiro atoms. The lowest BCUT2D eigenvalue weighted by atomic mass is 10.0. The van der Waals surface area contributed by atoms with E-state index in [-0.39, 0.29) is 5.78 Å².